The normalized spacial score (nSPS) is 14.8. The van der Waals surface area contributed by atoms with Crippen molar-refractivity contribution in [1.29, 1.82) is 0 Å². The molecule has 220 valence electrons. The molecule has 0 aliphatic carbocycles. The zero-order chi connectivity index (χ0) is 29.8. The highest BCUT2D eigenvalue weighted by molar-refractivity contribution is 5.94. The molecule has 0 radical (unpaired) electrons. The Morgan fingerprint density at radius 3 is 2.59 bits per heavy atom. The number of alkyl halides is 3. The summed E-state index contributed by atoms with van der Waals surface area (Å²) >= 11 is 0. The van der Waals surface area contributed by atoms with Crippen LogP contribution in [0.5, 0.6) is 5.75 Å². The topological polar surface area (TPSA) is 71.9 Å². The number of ether oxygens (including phenoxy) is 2. The molecule has 4 rings (SSSR count). The maximum atomic E-state index is 13.7. The van der Waals surface area contributed by atoms with E-state index in [-0.39, 0.29) is 18.3 Å². The number of hydrogen-bond donors (Lipinski definition) is 1. The van der Waals surface area contributed by atoms with Crippen LogP contribution in [0.25, 0.3) is 10.9 Å². The van der Waals surface area contributed by atoms with Crippen LogP contribution in [0.2, 0.25) is 0 Å². The lowest BCUT2D eigenvalue weighted by Gasteiger charge is -2.30. The second-order valence-electron chi connectivity index (χ2n) is 11.1. The van der Waals surface area contributed by atoms with Gasteiger partial charge in [0.1, 0.15) is 23.6 Å². The summed E-state index contributed by atoms with van der Waals surface area (Å²) in [6.45, 7) is 5.77. The molecule has 0 spiro atoms. The number of nitrogens with zero attached hydrogens (tertiary/aromatic N) is 4. The molecule has 0 saturated carbocycles. The van der Waals surface area contributed by atoms with E-state index in [2.05, 4.69) is 34.1 Å². The van der Waals surface area contributed by atoms with E-state index in [1.165, 1.54) is 29.0 Å². The van der Waals surface area contributed by atoms with Crippen LogP contribution in [-0.4, -0.2) is 72.2 Å². The molecule has 8 nitrogen and oxygen atoms in total. The van der Waals surface area contributed by atoms with Crippen LogP contribution in [0.1, 0.15) is 39.3 Å². The van der Waals surface area contributed by atoms with Crippen molar-refractivity contribution in [3.05, 3.63) is 48.4 Å². The Bertz CT molecular complexity index is 1430. The molecule has 1 aliphatic rings. The van der Waals surface area contributed by atoms with Gasteiger partial charge in [-0.3, -0.25) is 9.88 Å². The molecule has 0 bridgehead atoms. The fourth-order valence-electron chi connectivity index (χ4n) is 4.76. The van der Waals surface area contributed by atoms with Gasteiger partial charge in [-0.25, -0.2) is 4.79 Å². The minimum absolute atomic E-state index is 0.161. The van der Waals surface area contributed by atoms with Crippen molar-refractivity contribution in [3.8, 4) is 17.6 Å². The highest BCUT2D eigenvalue weighted by Crippen LogP contribution is 2.32. The molecule has 2 aromatic heterocycles. The summed E-state index contributed by atoms with van der Waals surface area (Å²) in [6, 6.07) is 8.81. The molecule has 41 heavy (non-hydrogen) atoms. The number of hydrogen-bond acceptors (Lipinski definition) is 6. The highest BCUT2D eigenvalue weighted by Gasteiger charge is 2.30. The molecule has 11 heteroatoms. The highest BCUT2D eigenvalue weighted by atomic mass is 19.4. The van der Waals surface area contributed by atoms with E-state index >= 15 is 0 Å². The average molecular weight is 572 g/mol. The van der Waals surface area contributed by atoms with Gasteiger partial charge in [0.25, 0.3) is 0 Å². The number of pyridine rings is 1. The molecule has 1 aromatic carbocycles. The molecule has 3 aromatic rings. The van der Waals surface area contributed by atoms with Gasteiger partial charge in [0, 0.05) is 29.4 Å². The number of piperidine rings is 1. The maximum absolute atomic E-state index is 13.7. The van der Waals surface area contributed by atoms with Gasteiger partial charge in [-0.2, -0.15) is 13.2 Å². The second kappa shape index (κ2) is 12.3. The van der Waals surface area contributed by atoms with Gasteiger partial charge >= 0.3 is 12.3 Å². The van der Waals surface area contributed by atoms with E-state index in [1.807, 2.05) is 6.07 Å². The lowest BCUT2D eigenvalue weighted by molar-refractivity contribution is -0.140. The Morgan fingerprint density at radius 2 is 1.93 bits per heavy atom. The molecule has 1 N–H and O–H groups in total. The third kappa shape index (κ3) is 7.85. The number of rotatable bonds is 6. The molecule has 3 heterocycles. The monoisotopic (exact) mass is 571 g/mol. The molecule has 1 amide bonds. The number of fused-ring (bicyclic) bond motifs is 1. The van der Waals surface area contributed by atoms with Gasteiger partial charge in [-0.1, -0.05) is 12.0 Å². The number of carbonyl (C=O) groups is 1. The Hall–Kier alpha value is -3.91. The third-order valence-corrected chi connectivity index (χ3v) is 6.70. The third-order valence-electron chi connectivity index (χ3n) is 6.70. The number of aromatic nitrogens is 2. The summed E-state index contributed by atoms with van der Waals surface area (Å²) in [5.41, 5.74) is 0.948. The van der Waals surface area contributed by atoms with Crippen molar-refractivity contribution < 1.29 is 27.4 Å². The van der Waals surface area contributed by atoms with Gasteiger partial charge in [0.15, 0.2) is 0 Å². The number of anilines is 2. The van der Waals surface area contributed by atoms with Gasteiger partial charge in [-0.15, -0.1) is 0 Å². The van der Waals surface area contributed by atoms with Crippen LogP contribution in [-0.2, 0) is 11.3 Å². The summed E-state index contributed by atoms with van der Waals surface area (Å²) in [6.07, 6.45) is -0.271. The smallest absolute Gasteiger partial charge is 0.415 e. The first kappa shape index (κ1) is 30.1. The van der Waals surface area contributed by atoms with E-state index in [4.69, 9.17) is 9.47 Å². The van der Waals surface area contributed by atoms with Crippen LogP contribution in [0.4, 0.5) is 29.3 Å². The van der Waals surface area contributed by atoms with Crippen molar-refractivity contribution in [2.24, 2.45) is 0 Å². The van der Waals surface area contributed by atoms with Crippen LogP contribution < -0.4 is 15.0 Å². The molecule has 1 saturated heterocycles. The number of benzene rings is 1. The van der Waals surface area contributed by atoms with Crippen LogP contribution in [0.15, 0.2) is 42.7 Å². The molecule has 0 unspecified atom stereocenters. The zero-order valence-electron chi connectivity index (χ0n) is 24.0. The van der Waals surface area contributed by atoms with Crippen LogP contribution in [0.3, 0.4) is 0 Å². The zero-order valence-corrected chi connectivity index (χ0v) is 24.0. The van der Waals surface area contributed by atoms with Crippen molar-refractivity contribution in [1.82, 2.24) is 14.5 Å². The summed E-state index contributed by atoms with van der Waals surface area (Å²) in [7, 11) is 3.54. The largest absolute Gasteiger partial charge is 0.494 e. The van der Waals surface area contributed by atoms with Gasteiger partial charge in [0.2, 0.25) is 0 Å². The summed E-state index contributed by atoms with van der Waals surface area (Å²) < 4.78 is 53.1. The molecule has 1 aliphatic heterocycles. The Kier molecular flexibility index (Phi) is 9.02. The molecular formula is C30H36F3N5O3. The number of halogens is 3. The number of carbonyl (C=O) groups excluding carboxylic acids is 1. The van der Waals surface area contributed by atoms with E-state index in [0.717, 1.165) is 31.6 Å². The van der Waals surface area contributed by atoms with Crippen molar-refractivity contribution in [2.45, 2.75) is 58.0 Å². The predicted octanol–water partition coefficient (Wildman–Crippen LogP) is 5.91. The van der Waals surface area contributed by atoms with E-state index in [1.54, 1.807) is 45.0 Å². The maximum Gasteiger partial charge on any atom is 0.415 e. The van der Waals surface area contributed by atoms with Crippen molar-refractivity contribution in [3.63, 3.8) is 0 Å². The van der Waals surface area contributed by atoms with E-state index in [9.17, 15) is 18.0 Å². The second-order valence-corrected chi connectivity index (χ2v) is 11.1. The fourth-order valence-corrected chi connectivity index (χ4v) is 4.76. The lowest BCUT2D eigenvalue weighted by atomic mass is 10.0. The van der Waals surface area contributed by atoms with Gasteiger partial charge in [-0.05, 0) is 77.9 Å². The number of amides is 1. The van der Waals surface area contributed by atoms with Crippen molar-refractivity contribution in [2.75, 3.05) is 44.0 Å². The summed E-state index contributed by atoms with van der Waals surface area (Å²) in [5.74, 6) is 6.15. The van der Waals surface area contributed by atoms with Crippen molar-refractivity contribution >= 4 is 28.4 Å². The van der Waals surface area contributed by atoms with E-state index in [0.29, 0.717) is 22.3 Å². The Balaban J connectivity index is 1.70. The molecule has 0 atom stereocenters. The quantitative estimate of drug-likeness (QED) is 0.371. The van der Waals surface area contributed by atoms with E-state index < -0.39 is 24.4 Å². The first-order valence-electron chi connectivity index (χ1n) is 13.5. The Morgan fingerprint density at radius 1 is 1.20 bits per heavy atom. The minimum atomic E-state index is -4.45. The average Bonchev–Trinajstić information content (AvgIpc) is 3.23. The number of likely N-dealkylation sites (tertiary alicyclic amines) is 1. The van der Waals surface area contributed by atoms with Gasteiger partial charge < -0.3 is 24.3 Å². The number of methoxy groups -OCH3 is 1. The first-order valence-corrected chi connectivity index (χ1v) is 13.5. The molecular weight excluding hydrogens is 535 g/mol. The van der Waals surface area contributed by atoms with Crippen LogP contribution >= 0.6 is 0 Å². The Labute approximate surface area is 238 Å². The van der Waals surface area contributed by atoms with Crippen LogP contribution in [0, 0.1) is 11.8 Å². The SMILES string of the molecule is COc1ccncc1N(CC#Cc1cc2c(NC3CCN(C)CC3)cccc2n1CC(F)(F)F)C(=O)OC(C)(C)C. The minimum Gasteiger partial charge on any atom is -0.494 e. The predicted molar refractivity (Wildman–Crippen MR) is 153 cm³/mol. The summed E-state index contributed by atoms with van der Waals surface area (Å²) in [4.78, 5) is 20.7. The standard InChI is InChI=1S/C30H36F3N5O3/c1-29(2,3)41-28(39)37(26-19-34-14-11-27(26)40-5)15-7-8-22-18-23-24(35-21-12-16-36(4)17-13-21)9-6-10-25(23)38(22)20-30(31,32)33/h6,9-11,14,18-19,21,35H,12-13,15-17,20H2,1-5H3. The number of nitrogens with one attached hydrogen (secondary N) is 1. The van der Waals surface area contributed by atoms with Gasteiger partial charge in [0.05, 0.1) is 31.1 Å². The lowest BCUT2D eigenvalue weighted by Crippen LogP contribution is -2.37. The molecule has 1 fully saturated rings. The first-order chi connectivity index (χ1) is 19.3. The fraction of sp³-hybridized carbons (Fsp3) is 0.467. The summed E-state index contributed by atoms with van der Waals surface area (Å²) in [5, 5.41) is 4.20.